The van der Waals surface area contributed by atoms with E-state index < -0.39 is 11.7 Å². The van der Waals surface area contributed by atoms with Crippen molar-refractivity contribution in [2.24, 2.45) is 5.73 Å². The topological polar surface area (TPSA) is 46.3 Å². The average Bonchev–Trinajstić information content (AvgIpc) is 2.15. The van der Waals surface area contributed by atoms with Crippen molar-refractivity contribution in [2.75, 3.05) is 13.6 Å². The van der Waals surface area contributed by atoms with Crippen LogP contribution in [0.25, 0.3) is 0 Å². The number of amides is 1. The van der Waals surface area contributed by atoms with E-state index in [1.54, 1.807) is 13.0 Å². The number of carbonyl (C=O) groups is 1. The van der Waals surface area contributed by atoms with Crippen LogP contribution in [0.3, 0.4) is 0 Å². The summed E-state index contributed by atoms with van der Waals surface area (Å²) in [6, 6.07) is 4.47. The second-order valence-corrected chi connectivity index (χ2v) is 4.14. The lowest BCUT2D eigenvalue weighted by atomic mass is 10.1. The predicted molar refractivity (Wildman–Crippen MR) is 64.9 cm³/mol. The molecule has 0 aliphatic carbocycles. The van der Waals surface area contributed by atoms with Crippen LogP contribution in [0.4, 0.5) is 4.39 Å². The van der Waals surface area contributed by atoms with Crippen LogP contribution in [-0.2, 0) is 0 Å². The van der Waals surface area contributed by atoms with Crippen molar-refractivity contribution in [1.29, 1.82) is 0 Å². The average molecular weight is 240 g/mol. The van der Waals surface area contributed by atoms with Crippen LogP contribution < -0.4 is 5.73 Å². The van der Waals surface area contributed by atoms with E-state index in [4.69, 9.17) is 5.73 Å². The Hall–Kier alpha value is -1.49. The maximum absolute atomic E-state index is 13.5. The zero-order valence-corrected chi connectivity index (χ0v) is 9.97. The third-order valence-electron chi connectivity index (χ3n) is 2.09. The highest BCUT2D eigenvalue weighted by Crippen LogP contribution is 2.11. The van der Waals surface area contributed by atoms with E-state index in [9.17, 15) is 9.18 Å². The van der Waals surface area contributed by atoms with Crippen LogP contribution in [0.15, 0.2) is 18.2 Å². The normalized spacial score (nSPS) is 9.94. The molecule has 0 saturated carbocycles. The fourth-order valence-corrected chi connectivity index (χ4v) is 1.50. The number of likely N-dealkylation sites (N-methyl/N-ethyl adjacent to an activating group) is 1. The SMILES string of the molecule is Cc1ccc(C(=O)N(C)CC(N)=S)c(F)c1. The number of hydrogen-bond donors (Lipinski definition) is 1. The molecule has 2 N–H and O–H groups in total. The van der Waals surface area contributed by atoms with Gasteiger partial charge in [-0.2, -0.15) is 0 Å². The van der Waals surface area contributed by atoms with Crippen molar-refractivity contribution in [3.8, 4) is 0 Å². The van der Waals surface area contributed by atoms with Gasteiger partial charge in [0.1, 0.15) is 5.82 Å². The molecule has 0 radical (unpaired) electrons. The van der Waals surface area contributed by atoms with E-state index in [0.717, 1.165) is 5.56 Å². The van der Waals surface area contributed by atoms with Gasteiger partial charge in [-0.25, -0.2) is 4.39 Å². The van der Waals surface area contributed by atoms with Crippen LogP contribution in [0.1, 0.15) is 15.9 Å². The molecule has 0 saturated heterocycles. The predicted octanol–water partition coefficient (Wildman–Crippen LogP) is 1.49. The van der Waals surface area contributed by atoms with Gasteiger partial charge in [-0.3, -0.25) is 4.79 Å². The van der Waals surface area contributed by atoms with Gasteiger partial charge in [0.25, 0.3) is 5.91 Å². The molecular formula is C11H13FN2OS. The quantitative estimate of drug-likeness (QED) is 0.814. The van der Waals surface area contributed by atoms with E-state index in [-0.39, 0.29) is 17.1 Å². The highest BCUT2D eigenvalue weighted by molar-refractivity contribution is 7.80. The van der Waals surface area contributed by atoms with E-state index in [1.807, 2.05) is 0 Å². The molecule has 1 amide bonds. The minimum atomic E-state index is -0.528. The van der Waals surface area contributed by atoms with E-state index in [2.05, 4.69) is 12.2 Å². The number of nitrogens with two attached hydrogens (primary N) is 1. The number of nitrogens with zero attached hydrogens (tertiary/aromatic N) is 1. The summed E-state index contributed by atoms with van der Waals surface area (Å²) in [6.45, 7) is 1.90. The van der Waals surface area contributed by atoms with Crippen molar-refractivity contribution in [2.45, 2.75) is 6.92 Å². The largest absolute Gasteiger partial charge is 0.392 e. The number of benzene rings is 1. The smallest absolute Gasteiger partial charge is 0.256 e. The Morgan fingerprint density at radius 2 is 2.19 bits per heavy atom. The van der Waals surface area contributed by atoms with E-state index in [0.29, 0.717) is 0 Å². The Balaban J connectivity index is 2.92. The maximum Gasteiger partial charge on any atom is 0.256 e. The Morgan fingerprint density at radius 1 is 1.56 bits per heavy atom. The summed E-state index contributed by atoms with van der Waals surface area (Å²) in [7, 11) is 1.53. The van der Waals surface area contributed by atoms with Crippen LogP contribution in [0.5, 0.6) is 0 Å². The van der Waals surface area contributed by atoms with Gasteiger partial charge in [-0.05, 0) is 24.6 Å². The van der Waals surface area contributed by atoms with Crippen molar-refractivity contribution < 1.29 is 9.18 Å². The summed E-state index contributed by atoms with van der Waals surface area (Å²) in [5.41, 5.74) is 6.12. The Labute approximate surface area is 99.0 Å². The minimum Gasteiger partial charge on any atom is -0.392 e. The molecule has 16 heavy (non-hydrogen) atoms. The molecule has 0 heterocycles. The lowest BCUT2D eigenvalue weighted by Crippen LogP contribution is -2.34. The molecule has 86 valence electrons. The van der Waals surface area contributed by atoms with Crippen LogP contribution in [-0.4, -0.2) is 29.4 Å². The van der Waals surface area contributed by atoms with Crippen molar-refractivity contribution in [1.82, 2.24) is 4.90 Å². The minimum absolute atomic E-state index is 0.0318. The van der Waals surface area contributed by atoms with Crippen LogP contribution in [0, 0.1) is 12.7 Å². The number of thiocarbonyl (C=S) groups is 1. The lowest BCUT2D eigenvalue weighted by molar-refractivity contribution is 0.0810. The van der Waals surface area contributed by atoms with Crippen molar-refractivity contribution in [3.05, 3.63) is 35.1 Å². The summed E-state index contributed by atoms with van der Waals surface area (Å²) in [4.78, 5) is 13.3. The molecule has 3 nitrogen and oxygen atoms in total. The van der Waals surface area contributed by atoms with Crippen LogP contribution in [0.2, 0.25) is 0 Å². The molecular weight excluding hydrogens is 227 g/mol. The molecule has 0 spiro atoms. The molecule has 0 aliphatic rings. The standard InChI is InChI=1S/C11H13FN2OS/c1-7-3-4-8(9(12)5-7)11(15)14(2)6-10(13)16/h3-5H,6H2,1-2H3,(H2,13,16). The number of carbonyl (C=O) groups excluding carboxylic acids is 1. The van der Waals surface area contributed by atoms with Gasteiger partial charge in [0.2, 0.25) is 0 Å². The van der Waals surface area contributed by atoms with Gasteiger partial charge in [0, 0.05) is 7.05 Å². The monoisotopic (exact) mass is 240 g/mol. The zero-order chi connectivity index (χ0) is 12.3. The Kier molecular flexibility index (Phi) is 3.95. The molecule has 1 rings (SSSR count). The second-order valence-electron chi connectivity index (χ2n) is 3.61. The first kappa shape index (κ1) is 12.6. The Bertz CT molecular complexity index is 434. The van der Waals surface area contributed by atoms with Gasteiger partial charge in [-0.1, -0.05) is 18.3 Å². The van der Waals surface area contributed by atoms with Gasteiger partial charge in [0.05, 0.1) is 17.1 Å². The lowest BCUT2D eigenvalue weighted by Gasteiger charge is -2.16. The molecule has 0 aliphatic heterocycles. The highest BCUT2D eigenvalue weighted by atomic mass is 32.1. The molecule has 0 aromatic heterocycles. The molecule has 0 fully saturated rings. The fourth-order valence-electron chi connectivity index (χ4n) is 1.30. The third-order valence-corrected chi connectivity index (χ3v) is 2.22. The summed E-state index contributed by atoms with van der Waals surface area (Å²) in [5.74, 6) is -0.954. The Morgan fingerprint density at radius 3 is 2.69 bits per heavy atom. The van der Waals surface area contributed by atoms with Gasteiger partial charge >= 0.3 is 0 Å². The van der Waals surface area contributed by atoms with E-state index in [1.165, 1.54) is 24.1 Å². The second kappa shape index (κ2) is 5.03. The van der Waals surface area contributed by atoms with Gasteiger partial charge in [0.15, 0.2) is 0 Å². The zero-order valence-electron chi connectivity index (χ0n) is 9.16. The highest BCUT2D eigenvalue weighted by Gasteiger charge is 2.16. The van der Waals surface area contributed by atoms with Crippen molar-refractivity contribution >= 4 is 23.1 Å². The third kappa shape index (κ3) is 3.00. The number of halogens is 1. The van der Waals surface area contributed by atoms with E-state index >= 15 is 0 Å². The fraction of sp³-hybridized carbons (Fsp3) is 0.273. The molecule has 0 bridgehead atoms. The summed E-state index contributed by atoms with van der Waals surface area (Å²) in [6.07, 6.45) is 0. The first-order chi connectivity index (χ1) is 7.41. The first-order valence-electron chi connectivity index (χ1n) is 4.71. The summed E-state index contributed by atoms with van der Waals surface area (Å²) >= 11 is 4.68. The number of hydrogen-bond acceptors (Lipinski definition) is 2. The number of aryl methyl sites for hydroxylation is 1. The first-order valence-corrected chi connectivity index (χ1v) is 5.12. The van der Waals surface area contributed by atoms with Gasteiger partial charge in [-0.15, -0.1) is 0 Å². The molecule has 5 heteroatoms. The maximum atomic E-state index is 13.5. The molecule has 0 unspecified atom stereocenters. The van der Waals surface area contributed by atoms with Crippen LogP contribution >= 0.6 is 12.2 Å². The van der Waals surface area contributed by atoms with Gasteiger partial charge < -0.3 is 10.6 Å². The molecule has 1 aromatic rings. The number of rotatable bonds is 3. The summed E-state index contributed by atoms with van der Waals surface area (Å²) in [5, 5.41) is 0. The molecule has 0 atom stereocenters. The van der Waals surface area contributed by atoms with Crippen molar-refractivity contribution in [3.63, 3.8) is 0 Å². The summed E-state index contributed by atoms with van der Waals surface area (Å²) < 4.78 is 13.5. The molecule has 1 aromatic carbocycles.